The molecule has 6 nitrogen and oxygen atoms in total. The molecule has 0 heterocycles. The predicted octanol–water partition coefficient (Wildman–Crippen LogP) is 3.02. The highest BCUT2D eigenvalue weighted by Crippen LogP contribution is 2.14. The summed E-state index contributed by atoms with van der Waals surface area (Å²) in [5, 5.41) is 8.68. The summed E-state index contributed by atoms with van der Waals surface area (Å²) in [5.74, 6) is -0.840. The van der Waals surface area contributed by atoms with Crippen LogP contribution in [0.5, 0.6) is 0 Å². The van der Waals surface area contributed by atoms with Crippen molar-refractivity contribution in [1.82, 2.24) is 10.6 Å². The van der Waals surface area contributed by atoms with Crippen molar-refractivity contribution in [1.29, 1.82) is 0 Å². The van der Waals surface area contributed by atoms with Gasteiger partial charge in [0.25, 0.3) is 5.91 Å². The number of halogens is 1. The maximum absolute atomic E-state index is 12.7. The number of hydrogen-bond donors (Lipinski definition) is 3. The van der Waals surface area contributed by atoms with Crippen molar-refractivity contribution >= 4 is 35.0 Å². The number of carbonyl (C=O) groups is 3. The van der Waals surface area contributed by atoms with Gasteiger partial charge >= 0.3 is 0 Å². The minimum absolute atomic E-state index is 0.0819. The first-order valence-corrected chi connectivity index (χ1v) is 9.34. The maximum Gasteiger partial charge on any atom is 0.251 e. The molecule has 2 aromatic rings. The monoisotopic (exact) mass is 401 g/mol. The molecule has 0 aliphatic carbocycles. The summed E-state index contributed by atoms with van der Waals surface area (Å²) < 4.78 is 0. The maximum atomic E-state index is 12.7. The number of amides is 3. The molecule has 0 spiro atoms. The van der Waals surface area contributed by atoms with Crippen LogP contribution in [-0.4, -0.2) is 30.8 Å². The third-order valence-corrected chi connectivity index (χ3v) is 4.46. The highest BCUT2D eigenvalue weighted by Gasteiger charge is 2.24. The van der Waals surface area contributed by atoms with Gasteiger partial charge in [0.2, 0.25) is 11.8 Å². The summed E-state index contributed by atoms with van der Waals surface area (Å²) in [6.07, 6.45) is 0.274. The Kier molecular flexibility index (Phi) is 7.58. The smallest absolute Gasteiger partial charge is 0.251 e. The Balaban J connectivity index is 2.03. The van der Waals surface area contributed by atoms with E-state index in [1.54, 1.807) is 55.6 Å². The third kappa shape index (κ3) is 6.09. The molecule has 2 rings (SSSR count). The van der Waals surface area contributed by atoms with Crippen LogP contribution < -0.4 is 16.0 Å². The number of carbonyl (C=O) groups excluding carboxylic acids is 3. The first-order chi connectivity index (χ1) is 13.3. The van der Waals surface area contributed by atoms with Crippen LogP contribution in [0.3, 0.4) is 0 Å². The van der Waals surface area contributed by atoms with Gasteiger partial charge in [0.05, 0.1) is 6.42 Å². The van der Waals surface area contributed by atoms with Gasteiger partial charge in [-0.15, -0.1) is 0 Å². The lowest BCUT2D eigenvalue weighted by molar-refractivity contribution is -0.120. The summed E-state index contributed by atoms with van der Waals surface area (Å²) in [5.41, 5.74) is 1.87. The van der Waals surface area contributed by atoms with Crippen LogP contribution in [0.2, 0.25) is 5.02 Å². The van der Waals surface area contributed by atoms with Gasteiger partial charge in [0, 0.05) is 23.3 Å². The molecule has 1 atom stereocenters. The molecule has 0 saturated carbocycles. The second-order valence-corrected chi connectivity index (χ2v) is 7.17. The summed E-state index contributed by atoms with van der Waals surface area (Å²) in [7, 11) is 1.58. The van der Waals surface area contributed by atoms with Gasteiger partial charge in [-0.3, -0.25) is 14.4 Å². The molecule has 0 fully saturated rings. The normalized spacial score (nSPS) is 11.6. The summed E-state index contributed by atoms with van der Waals surface area (Å²) in [6, 6.07) is 12.8. The quantitative estimate of drug-likeness (QED) is 0.666. The summed E-state index contributed by atoms with van der Waals surface area (Å²) >= 11 is 5.84. The van der Waals surface area contributed by atoms with Gasteiger partial charge in [-0.25, -0.2) is 0 Å². The topological polar surface area (TPSA) is 87.3 Å². The van der Waals surface area contributed by atoms with Gasteiger partial charge in [0.15, 0.2) is 0 Å². The van der Waals surface area contributed by atoms with E-state index in [9.17, 15) is 14.4 Å². The zero-order valence-electron chi connectivity index (χ0n) is 16.1. The molecular formula is C21H24ClN3O3. The fraction of sp³-hybridized carbons (Fsp3) is 0.286. The first kappa shape index (κ1) is 21.4. The van der Waals surface area contributed by atoms with E-state index in [1.165, 1.54) is 0 Å². The molecule has 148 valence electrons. The molecule has 7 heteroatoms. The van der Waals surface area contributed by atoms with Crippen molar-refractivity contribution in [3.8, 4) is 0 Å². The largest absolute Gasteiger partial charge is 0.359 e. The Morgan fingerprint density at radius 2 is 1.57 bits per heavy atom. The van der Waals surface area contributed by atoms with Crippen molar-refractivity contribution in [3.05, 3.63) is 64.7 Å². The Morgan fingerprint density at radius 3 is 2.11 bits per heavy atom. The van der Waals surface area contributed by atoms with Gasteiger partial charge in [-0.1, -0.05) is 37.6 Å². The van der Waals surface area contributed by atoms with Crippen molar-refractivity contribution in [2.24, 2.45) is 5.92 Å². The minimum atomic E-state index is -0.700. The average Bonchev–Trinajstić information content (AvgIpc) is 2.67. The zero-order valence-corrected chi connectivity index (χ0v) is 16.8. The minimum Gasteiger partial charge on any atom is -0.359 e. The first-order valence-electron chi connectivity index (χ1n) is 8.97. The Labute approximate surface area is 169 Å². The van der Waals surface area contributed by atoms with Crippen LogP contribution in [0.15, 0.2) is 48.5 Å². The van der Waals surface area contributed by atoms with Gasteiger partial charge < -0.3 is 16.0 Å². The van der Waals surface area contributed by atoms with Crippen molar-refractivity contribution < 1.29 is 14.4 Å². The Hall–Kier alpha value is -2.86. The van der Waals surface area contributed by atoms with E-state index >= 15 is 0 Å². The van der Waals surface area contributed by atoms with Crippen LogP contribution in [-0.2, 0) is 16.0 Å². The number of rotatable bonds is 7. The second-order valence-electron chi connectivity index (χ2n) is 6.74. The van der Waals surface area contributed by atoms with Crippen molar-refractivity contribution in [2.45, 2.75) is 26.3 Å². The van der Waals surface area contributed by atoms with E-state index in [0.717, 1.165) is 5.56 Å². The molecule has 28 heavy (non-hydrogen) atoms. The van der Waals surface area contributed by atoms with E-state index in [1.807, 2.05) is 13.8 Å². The predicted molar refractivity (Wildman–Crippen MR) is 110 cm³/mol. The van der Waals surface area contributed by atoms with Crippen LogP contribution in [0, 0.1) is 5.92 Å². The van der Waals surface area contributed by atoms with E-state index in [4.69, 9.17) is 11.6 Å². The molecule has 0 aromatic heterocycles. The van der Waals surface area contributed by atoms with Gasteiger partial charge in [-0.05, 0) is 47.9 Å². The molecule has 0 unspecified atom stereocenters. The van der Waals surface area contributed by atoms with Gasteiger partial charge in [-0.2, -0.15) is 0 Å². The lowest BCUT2D eigenvalue weighted by Gasteiger charge is -2.22. The molecular weight excluding hydrogens is 378 g/mol. The lowest BCUT2D eigenvalue weighted by atomic mass is 10.0. The van der Waals surface area contributed by atoms with Crippen LogP contribution >= 0.6 is 11.6 Å². The average molecular weight is 402 g/mol. The van der Waals surface area contributed by atoms with Crippen LogP contribution in [0.4, 0.5) is 5.69 Å². The number of likely N-dealkylation sites (N-methyl/N-ethyl adjacent to an activating group) is 1. The van der Waals surface area contributed by atoms with Crippen molar-refractivity contribution in [2.75, 3.05) is 12.4 Å². The molecule has 3 N–H and O–H groups in total. The molecule has 0 radical (unpaired) electrons. The van der Waals surface area contributed by atoms with E-state index < -0.39 is 6.04 Å². The summed E-state index contributed by atoms with van der Waals surface area (Å²) in [4.78, 5) is 36.5. The number of hydrogen-bond acceptors (Lipinski definition) is 3. The Morgan fingerprint density at radius 1 is 0.964 bits per heavy atom. The van der Waals surface area contributed by atoms with E-state index in [-0.39, 0.29) is 30.1 Å². The van der Waals surface area contributed by atoms with Gasteiger partial charge in [0.1, 0.15) is 6.04 Å². The lowest BCUT2D eigenvalue weighted by Crippen LogP contribution is -2.47. The molecule has 0 saturated heterocycles. The molecule has 3 amide bonds. The van der Waals surface area contributed by atoms with Crippen molar-refractivity contribution in [3.63, 3.8) is 0 Å². The third-order valence-electron chi connectivity index (χ3n) is 4.21. The molecule has 0 aliphatic heterocycles. The number of nitrogens with one attached hydrogen (secondary N) is 3. The second kappa shape index (κ2) is 9.90. The molecule has 0 aliphatic rings. The number of benzene rings is 2. The zero-order chi connectivity index (χ0) is 20.7. The van der Waals surface area contributed by atoms with E-state index in [2.05, 4.69) is 16.0 Å². The van der Waals surface area contributed by atoms with Crippen LogP contribution in [0.1, 0.15) is 29.8 Å². The molecule has 2 aromatic carbocycles. The highest BCUT2D eigenvalue weighted by molar-refractivity contribution is 6.30. The highest BCUT2D eigenvalue weighted by atomic mass is 35.5. The fourth-order valence-corrected chi connectivity index (χ4v) is 2.69. The van der Waals surface area contributed by atoms with E-state index in [0.29, 0.717) is 16.3 Å². The number of anilines is 1. The standard InChI is InChI=1S/C21H24ClN3O3/c1-13(2)19(25-20(27)15-6-8-16(22)9-7-15)21(28)24-17-10-4-14(5-11-17)12-18(26)23-3/h4-11,13,19H,12H2,1-3H3,(H,23,26)(H,24,28)(H,25,27)/t19-/m0/s1. The fourth-order valence-electron chi connectivity index (χ4n) is 2.56. The summed E-state index contributed by atoms with van der Waals surface area (Å²) in [6.45, 7) is 3.72. The Bertz CT molecular complexity index is 833. The van der Waals surface area contributed by atoms with Crippen LogP contribution in [0.25, 0.3) is 0 Å². The molecule has 0 bridgehead atoms. The SMILES string of the molecule is CNC(=O)Cc1ccc(NC(=O)[C@@H](NC(=O)c2ccc(Cl)cc2)C(C)C)cc1.